The standard InChI is InChI=1S/C16H19F2NO3/c1-21-13-3-2-12(17)11(15(13)18)8-19-9-16(5-4-14(19)20)6-7-22-10-16/h2-3H,4-10H2,1H3/t16-/m0/s1. The number of carbonyl (C=O) groups is 1. The van der Waals surface area contributed by atoms with Crippen LogP contribution in [0.2, 0.25) is 0 Å². The summed E-state index contributed by atoms with van der Waals surface area (Å²) < 4.78 is 38.6. The van der Waals surface area contributed by atoms with Gasteiger partial charge in [0, 0.05) is 30.6 Å². The second-order valence-electron chi connectivity index (χ2n) is 6.09. The average Bonchev–Trinajstić information content (AvgIpc) is 2.96. The molecule has 2 heterocycles. The van der Waals surface area contributed by atoms with Gasteiger partial charge in [0.1, 0.15) is 5.82 Å². The summed E-state index contributed by atoms with van der Waals surface area (Å²) >= 11 is 0. The lowest BCUT2D eigenvalue weighted by Crippen LogP contribution is -2.46. The van der Waals surface area contributed by atoms with Gasteiger partial charge in [-0.1, -0.05) is 0 Å². The van der Waals surface area contributed by atoms with Crippen LogP contribution in [0.4, 0.5) is 8.78 Å². The Morgan fingerprint density at radius 1 is 1.36 bits per heavy atom. The van der Waals surface area contributed by atoms with Crippen molar-refractivity contribution < 1.29 is 23.0 Å². The summed E-state index contributed by atoms with van der Waals surface area (Å²) in [6.45, 7) is 1.71. The van der Waals surface area contributed by atoms with Crippen LogP contribution in [0.3, 0.4) is 0 Å². The Bertz CT molecular complexity index is 585. The van der Waals surface area contributed by atoms with Crippen molar-refractivity contribution in [2.45, 2.75) is 25.8 Å². The Balaban J connectivity index is 1.84. The molecule has 120 valence electrons. The minimum atomic E-state index is -0.738. The van der Waals surface area contributed by atoms with Crippen molar-refractivity contribution in [1.82, 2.24) is 4.90 Å². The monoisotopic (exact) mass is 311 g/mol. The number of nitrogens with zero attached hydrogens (tertiary/aromatic N) is 1. The van der Waals surface area contributed by atoms with Crippen LogP contribution in [0.1, 0.15) is 24.8 Å². The Morgan fingerprint density at radius 3 is 2.86 bits per heavy atom. The Labute approximate surface area is 128 Å². The maximum Gasteiger partial charge on any atom is 0.222 e. The van der Waals surface area contributed by atoms with Gasteiger partial charge in [-0.15, -0.1) is 0 Å². The summed E-state index contributed by atoms with van der Waals surface area (Å²) in [5, 5.41) is 0. The number of amides is 1. The lowest BCUT2D eigenvalue weighted by atomic mass is 9.79. The minimum absolute atomic E-state index is 0.0141. The molecule has 1 amide bonds. The normalized spacial score (nSPS) is 25.0. The molecule has 1 spiro atoms. The van der Waals surface area contributed by atoms with E-state index in [0.29, 0.717) is 26.2 Å². The maximum atomic E-state index is 14.3. The van der Waals surface area contributed by atoms with Crippen LogP contribution in [-0.2, 0) is 16.1 Å². The molecule has 4 nitrogen and oxygen atoms in total. The number of ether oxygens (including phenoxy) is 2. The van der Waals surface area contributed by atoms with Crippen molar-refractivity contribution in [3.63, 3.8) is 0 Å². The van der Waals surface area contributed by atoms with Gasteiger partial charge in [-0.3, -0.25) is 4.79 Å². The van der Waals surface area contributed by atoms with E-state index in [2.05, 4.69) is 0 Å². The maximum absolute atomic E-state index is 14.3. The van der Waals surface area contributed by atoms with E-state index < -0.39 is 11.6 Å². The molecule has 0 unspecified atom stereocenters. The van der Waals surface area contributed by atoms with E-state index in [9.17, 15) is 13.6 Å². The summed E-state index contributed by atoms with van der Waals surface area (Å²) in [6, 6.07) is 2.42. The molecule has 0 radical (unpaired) electrons. The van der Waals surface area contributed by atoms with Gasteiger partial charge in [0.05, 0.1) is 20.3 Å². The first-order valence-corrected chi connectivity index (χ1v) is 7.41. The van der Waals surface area contributed by atoms with E-state index in [1.54, 1.807) is 4.90 Å². The van der Waals surface area contributed by atoms with E-state index in [1.807, 2.05) is 0 Å². The molecule has 3 rings (SSSR count). The fraction of sp³-hybridized carbons (Fsp3) is 0.562. The van der Waals surface area contributed by atoms with E-state index in [1.165, 1.54) is 19.2 Å². The second kappa shape index (κ2) is 5.83. The molecule has 2 aliphatic heterocycles. The van der Waals surface area contributed by atoms with E-state index in [-0.39, 0.29) is 29.2 Å². The van der Waals surface area contributed by atoms with Gasteiger partial charge >= 0.3 is 0 Å². The lowest BCUT2D eigenvalue weighted by Gasteiger charge is -2.39. The van der Waals surface area contributed by atoms with Crippen molar-refractivity contribution in [3.05, 3.63) is 29.3 Å². The van der Waals surface area contributed by atoms with Gasteiger partial charge in [-0.25, -0.2) is 8.78 Å². The van der Waals surface area contributed by atoms with Gasteiger partial charge in [0.2, 0.25) is 5.91 Å². The summed E-state index contributed by atoms with van der Waals surface area (Å²) in [5.41, 5.74) is -0.177. The summed E-state index contributed by atoms with van der Waals surface area (Å²) in [7, 11) is 1.33. The zero-order valence-corrected chi connectivity index (χ0v) is 12.5. The summed E-state index contributed by atoms with van der Waals surface area (Å²) in [4.78, 5) is 13.7. The molecule has 22 heavy (non-hydrogen) atoms. The molecular weight excluding hydrogens is 292 g/mol. The number of methoxy groups -OCH3 is 1. The molecule has 0 saturated carbocycles. The van der Waals surface area contributed by atoms with E-state index in [0.717, 1.165) is 12.8 Å². The highest BCUT2D eigenvalue weighted by Crippen LogP contribution is 2.39. The van der Waals surface area contributed by atoms with Gasteiger partial charge in [-0.05, 0) is 25.0 Å². The van der Waals surface area contributed by atoms with Crippen molar-refractivity contribution in [3.8, 4) is 5.75 Å². The van der Waals surface area contributed by atoms with Gasteiger partial charge in [0.15, 0.2) is 11.6 Å². The number of piperidine rings is 1. The molecule has 6 heteroatoms. The number of likely N-dealkylation sites (tertiary alicyclic amines) is 1. The van der Waals surface area contributed by atoms with Crippen LogP contribution in [0.25, 0.3) is 0 Å². The van der Waals surface area contributed by atoms with Gasteiger partial charge < -0.3 is 14.4 Å². The molecule has 0 bridgehead atoms. The highest BCUT2D eigenvalue weighted by molar-refractivity contribution is 5.77. The quantitative estimate of drug-likeness (QED) is 0.861. The third kappa shape index (κ3) is 2.67. The zero-order valence-electron chi connectivity index (χ0n) is 12.5. The molecule has 0 aliphatic carbocycles. The van der Waals surface area contributed by atoms with E-state index >= 15 is 0 Å². The predicted molar refractivity (Wildman–Crippen MR) is 75.4 cm³/mol. The van der Waals surface area contributed by atoms with Crippen LogP contribution >= 0.6 is 0 Å². The minimum Gasteiger partial charge on any atom is -0.494 e. The molecule has 0 N–H and O–H groups in total. The second-order valence-corrected chi connectivity index (χ2v) is 6.09. The lowest BCUT2D eigenvalue weighted by molar-refractivity contribution is -0.138. The third-order valence-electron chi connectivity index (χ3n) is 4.65. The first kappa shape index (κ1) is 15.2. The van der Waals surface area contributed by atoms with Crippen LogP contribution in [0.5, 0.6) is 5.75 Å². The molecule has 1 atom stereocenters. The van der Waals surface area contributed by atoms with Crippen molar-refractivity contribution in [2.75, 3.05) is 26.9 Å². The molecular formula is C16H19F2NO3. The zero-order chi connectivity index (χ0) is 15.7. The summed E-state index contributed by atoms with van der Waals surface area (Å²) in [5.74, 6) is -1.48. The molecule has 1 aromatic rings. The van der Waals surface area contributed by atoms with E-state index in [4.69, 9.17) is 9.47 Å². The third-order valence-corrected chi connectivity index (χ3v) is 4.65. The number of halogens is 2. The Kier molecular flexibility index (Phi) is 4.04. The Morgan fingerprint density at radius 2 is 2.18 bits per heavy atom. The largest absolute Gasteiger partial charge is 0.494 e. The number of rotatable bonds is 3. The highest BCUT2D eigenvalue weighted by atomic mass is 19.1. The van der Waals surface area contributed by atoms with Crippen molar-refractivity contribution in [2.24, 2.45) is 5.41 Å². The molecule has 2 aliphatic rings. The topological polar surface area (TPSA) is 38.8 Å². The first-order chi connectivity index (χ1) is 10.5. The molecule has 0 aromatic heterocycles. The smallest absolute Gasteiger partial charge is 0.222 e. The molecule has 2 saturated heterocycles. The van der Waals surface area contributed by atoms with Crippen molar-refractivity contribution >= 4 is 5.91 Å². The average molecular weight is 311 g/mol. The van der Waals surface area contributed by atoms with Crippen molar-refractivity contribution in [1.29, 1.82) is 0 Å². The summed E-state index contributed by atoms with van der Waals surface area (Å²) in [6.07, 6.45) is 2.07. The Hall–Kier alpha value is -1.69. The van der Waals surface area contributed by atoms with Crippen LogP contribution < -0.4 is 4.74 Å². The SMILES string of the molecule is COc1ccc(F)c(CN2C[C@@]3(CCOC3)CCC2=O)c1F. The van der Waals surface area contributed by atoms with Crippen LogP contribution in [0, 0.1) is 17.0 Å². The number of hydrogen-bond donors (Lipinski definition) is 0. The number of carbonyl (C=O) groups excluding carboxylic acids is 1. The number of benzene rings is 1. The number of hydrogen-bond acceptors (Lipinski definition) is 3. The highest BCUT2D eigenvalue weighted by Gasteiger charge is 2.41. The van der Waals surface area contributed by atoms with Gasteiger partial charge in [-0.2, -0.15) is 0 Å². The van der Waals surface area contributed by atoms with Gasteiger partial charge in [0.25, 0.3) is 0 Å². The molecule has 2 fully saturated rings. The fourth-order valence-corrected chi connectivity index (χ4v) is 3.29. The predicted octanol–water partition coefficient (Wildman–Crippen LogP) is 2.50. The van der Waals surface area contributed by atoms with Crippen LogP contribution in [-0.4, -0.2) is 37.7 Å². The first-order valence-electron chi connectivity index (χ1n) is 7.41. The fourth-order valence-electron chi connectivity index (χ4n) is 3.29. The molecule has 1 aromatic carbocycles. The van der Waals surface area contributed by atoms with Crippen LogP contribution in [0.15, 0.2) is 12.1 Å².